The average molecular weight is 461 g/mol. The van der Waals surface area contributed by atoms with Crippen molar-refractivity contribution in [2.45, 2.75) is 20.0 Å². The lowest BCUT2D eigenvalue weighted by molar-refractivity contribution is -0.192. The fourth-order valence-corrected chi connectivity index (χ4v) is 2.53. The number of nitrogens with zero attached hydrogens (tertiary/aromatic N) is 1. The number of halogens is 4. The highest BCUT2D eigenvalue weighted by atomic mass is 35.5. The molecule has 0 atom stereocenters. The van der Waals surface area contributed by atoms with E-state index in [2.05, 4.69) is 5.32 Å². The minimum atomic E-state index is -5.08. The minimum Gasteiger partial charge on any atom is -0.478 e. The second-order valence-corrected chi connectivity index (χ2v) is 6.41. The number of hydrogen-bond acceptors (Lipinski definition) is 4. The van der Waals surface area contributed by atoms with E-state index in [1.807, 2.05) is 18.7 Å². The Morgan fingerprint density at radius 1 is 0.968 bits per heavy atom. The number of aromatic carboxylic acids is 1. The summed E-state index contributed by atoms with van der Waals surface area (Å²) < 4.78 is 31.7. The lowest BCUT2D eigenvalue weighted by atomic mass is 10.1. The first-order chi connectivity index (χ1) is 14.4. The van der Waals surface area contributed by atoms with Crippen LogP contribution in [0.3, 0.4) is 0 Å². The van der Waals surface area contributed by atoms with E-state index in [9.17, 15) is 27.9 Å². The van der Waals surface area contributed by atoms with Crippen molar-refractivity contribution in [2.75, 3.05) is 23.3 Å². The van der Waals surface area contributed by atoms with E-state index in [0.717, 1.165) is 18.8 Å². The first kappa shape index (κ1) is 25.8. The predicted molar refractivity (Wildman–Crippen MR) is 110 cm³/mol. The van der Waals surface area contributed by atoms with Gasteiger partial charge in [-0.1, -0.05) is 11.6 Å². The van der Waals surface area contributed by atoms with Gasteiger partial charge >= 0.3 is 18.1 Å². The Morgan fingerprint density at radius 2 is 1.45 bits per heavy atom. The molecule has 0 saturated heterocycles. The Hall–Kier alpha value is -3.27. The Bertz CT molecular complexity index is 929. The number of hydrogen-bond donors (Lipinski definition) is 3. The van der Waals surface area contributed by atoms with Gasteiger partial charge in [0.2, 0.25) is 0 Å². The summed E-state index contributed by atoms with van der Waals surface area (Å²) in [5, 5.41) is 19.7. The molecule has 1 amide bonds. The maximum absolute atomic E-state index is 12.4. The smallest absolute Gasteiger partial charge is 0.478 e. The molecule has 3 N–H and O–H groups in total. The van der Waals surface area contributed by atoms with Gasteiger partial charge in [-0.25, -0.2) is 9.59 Å². The van der Waals surface area contributed by atoms with Gasteiger partial charge in [-0.2, -0.15) is 13.2 Å². The lowest BCUT2D eigenvalue weighted by Crippen LogP contribution is -2.24. The zero-order valence-electron chi connectivity index (χ0n) is 16.5. The van der Waals surface area contributed by atoms with E-state index < -0.39 is 18.1 Å². The molecular weight excluding hydrogens is 441 g/mol. The number of anilines is 2. The molecule has 0 unspecified atom stereocenters. The molecule has 0 aliphatic heterocycles. The number of amides is 1. The second kappa shape index (κ2) is 11.2. The molecule has 0 bridgehead atoms. The number of alkyl halides is 3. The highest BCUT2D eigenvalue weighted by Gasteiger charge is 2.38. The second-order valence-electron chi connectivity index (χ2n) is 5.97. The Labute approximate surface area is 181 Å². The topological polar surface area (TPSA) is 107 Å². The maximum atomic E-state index is 12.4. The fraction of sp³-hybridized carbons (Fsp3) is 0.250. The van der Waals surface area contributed by atoms with Crippen LogP contribution in [0, 0.1) is 0 Å². The molecule has 0 spiro atoms. The van der Waals surface area contributed by atoms with Gasteiger partial charge in [0.15, 0.2) is 0 Å². The number of carbonyl (C=O) groups is 3. The zero-order chi connectivity index (χ0) is 23.8. The molecule has 0 aliphatic rings. The highest BCUT2D eigenvalue weighted by molar-refractivity contribution is 6.30. The monoisotopic (exact) mass is 460 g/mol. The van der Waals surface area contributed by atoms with Crippen molar-refractivity contribution in [2.24, 2.45) is 0 Å². The van der Waals surface area contributed by atoms with Crippen molar-refractivity contribution in [3.05, 3.63) is 58.6 Å². The Morgan fingerprint density at radius 3 is 1.87 bits per heavy atom. The molecule has 0 fully saturated rings. The first-order valence-electron chi connectivity index (χ1n) is 8.90. The van der Waals surface area contributed by atoms with Gasteiger partial charge in [0.25, 0.3) is 5.91 Å². The highest BCUT2D eigenvalue weighted by Crippen LogP contribution is 2.28. The summed E-state index contributed by atoms with van der Waals surface area (Å²) in [5.41, 5.74) is 1.83. The van der Waals surface area contributed by atoms with Crippen LogP contribution < -0.4 is 10.2 Å². The van der Waals surface area contributed by atoms with Crippen molar-refractivity contribution < 1.29 is 37.8 Å². The zero-order valence-corrected chi connectivity index (χ0v) is 17.3. The van der Waals surface area contributed by atoms with Crippen LogP contribution in [-0.2, 0) is 4.79 Å². The largest absolute Gasteiger partial charge is 0.490 e. The normalized spacial score (nSPS) is 10.5. The van der Waals surface area contributed by atoms with E-state index in [1.165, 1.54) is 12.1 Å². The summed E-state index contributed by atoms with van der Waals surface area (Å²) in [4.78, 5) is 34.6. The molecule has 7 nitrogen and oxygen atoms in total. The minimum absolute atomic E-state index is 0.123. The average Bonchev–Trinajstić information content (AvgIpc) is 2.70. The molecule has 2 aromatic rings. The summed E-state index contributed by atoms with van der Waals surface area (Å²) >= 11 is 5.83. The van der Waals surface area contributed by atoms with E-state index in [-0.39, 0.29) is 11.5 Å². The van der Waals surface area contributed by atoms with Crippen molar-refractivity contribution in [3.8, 4) is 0 Å². The van der Waals surface area contributed by atoms with E-state index in [4.69, 9.17) is 21.5 Å². The number of carboxylic acids is 2. The van der Waals surface area contributed by atoms with E-state index in [1.54, 1.807) is 30.3 Å². The first-order valence-corrected chi connectivity index (χ1v) is 9.27. The Kier molecular flexibility index (Phi) is 9.32. The maximum Gasteiger partial charge on any atom is 0.490 e. The molecule has 0 saturated carbocycles. The van der Waals surface area contributed by atoms with Crippen LogP contribution in [0.25, 0.3) is 0 Å². The van der Waals surface area contributed by atoms with Crippen LogP contribution in [-0.4, -0.2) is 47.3 Å². The standard InChI is InChI=1S/C18H19ClN2O3.C2HF3O2/c1-3-21(4-2)16-10-7-13(18(23)24)11-15(16)20-17(22)12-5-8-14(19)9-6-12;3-2(4,5)1(6)7/h5-11H,3-4H2,1-2H3,(H,20,22)(H,23,24);(H,6,7). The number of benzene rings is 2. The summed E-state index contributed by atoms with van der Waals surface area (Å²) in [7, 11) is 0. The van der Waals surface area contributed by atoms with Crippen LogP contribution in [0.5, 0.6) is 0 Å². The van der Waals surface area contributed by atoms with Crippen molar-refractivity contribution >= 4 is 40.8 Å². The van der Waals surface area contributed by atoms with Gasteiger partial charge in [0.1, 0.15) is 0 Å². The van der Waals surface area contributed by atoms with Crippen LogP contribution in [0.15, 0.2) is 42.5 Å². The summed E-state index contributed by atoms with van der Waals surface area (Å²) in [6.07, 6.45) is -5.08. The van der Waals surface area contributed by atoms with Crippen molar-refractivity contribution in [1.29, 1.82) is 0 Å². The predicted octanol–water partition coefficient (Wildman–Crippen LogP) is 4.77. The molecule has 2 rings (SSSR count). The van der Waals surface area contributed by atoms with Gasteiger partial charge in [-0.05, 0) is 56.3 Å². The van der Waals surface area contributed by atoms with Gasteiger partial charge in [-0.15, -0.1) is 0 Å². The third-order valence-corrected chi connectivity index (χ3v) is 4.20. The van der Waals surface area contributed by atoms with E-state index >= 15 is 0 Å². The SMILES string of the molecule is CCN(CC)c1ccc(C(=O)O)cc1NC(=O)c1ccc(Cl)cc1.O=C(O)C(F)(F)F. The fourth-order valence-electron chi connectivity index (χ4n) is 2.40. The van der Waals surface area contributed by atoms with Gasteiger partial charge < -0.3 is 20.4 Å². The van der Waals surface area contributed by atoms with Crippen molar-refractivity contribution in [1.82, 2.24) is 0 Å². The summed E-state index contributed by atoms with van der Waals surface area (Å²) in [5.74, 6) is -4.11. The quantitative estimate of drug-likeness (QED) is 0.573. The molecule has 2 aromatic carbocycles. The molecule has 0 heterocycles. The van der Waals surface area contributed by atoms with Crippen LogP contribution >= 0.6 is 11.6 Å². The van der Waals surface area contributed by atoms with Gasteiger partial charge in [0.05, 0.1) is 16.9 Å². The molecule has 0 aliphatic carbocycles. The molecule has 0 radical (unpaired) electrons. The van der Waals surface area contributed by atoms with Crippen LogP contribution in [0.4, 0.5) is 24.5 Å². The van der Waals surface area contributed by atoms with Gasteiger partial charge in [0, 0.05) is 23.7 Å². The third kappa shape index (κ3) is 7.82. The molecule has 31 heavy (non-hydrogen) atoms. The number of nitrogens with one attached hydrogen (secondary N) is 1. The molecular formula is C20H20ClF3N2O5. The van der Waals surface area contributed by atoms with Crippen molar-refractivity contribution in [3.63, 3.8) is 0 Å². The van der Waals surface area contributed by atoms with Crippen LogP contribution in [0.1, 0.15) is 34.6 Å². The third-order valence-electron chi connectivity index (χ3n) is 3.94. The van der Waals surface area contributed by atoms with E-state index in [0.29, 0.717) is 16.3 Å². The number of carboxylic acid groups (broad SMARTS) is 2. The number of rotatable bonds is 6. The Balaban J connectivity index is 0.000000592. The summed E-state index contributed by atoms with van der Waals surface area (Å²) in [6.45, 7) is 5.48. The summed E-state index contributed by atoms with van der Waals surface area (Å²) in [6, 6.07) is 11.2. The van der Waals surface area contributed by atoms with Gasteiger partial charge in [-0.3, -0.25) is 4.79 Å². The number of aliphatic carboxylic acids is 1. The number of carbonyl (C=O) groups excluding carboxylic acids is 1. The molecule has 0 aromatic heterocycles. The molecule has 168 valence electrons. The lowest BCUT2D eigenvalue weighted by Gasteiger charge is -2.24. The van der Waals surface area contributed by atoms with Crippen LogP contribution in [0.2, 0.25) is 5.02 Å². The molecule has 11 heteroatoms.